The molecule has 1 aromatic carbocycles. The van der Waals surface area contributed by atoms with Crippen LogP contribution in [-0.4, -0.2) is 144 Å². The molecule has 67 heavy (non-hydrogen) atoms. The Kier molecular flexibility index (Phi) is 14.0. The number of rotatable bonds is 12. The van der Waals surface area contributed by atoms with Gasteiger partial charge in [-0.1, -0.05) is 25.3 Å². The molecule has 6 aliphatic rings. The van der Waals surface area contributed by atoms with Crippen molar-refractivity contribution >= 4 is 58.3 Å². The summed E-state index contributed by atoms with van der Waals surface area (Å²) in [7, 11) is 6.06. The van der Waals surface area contributed by atoms with Gasteiger partial charge in [-0.15, -0.1) is 0 Å². The fourth-order valence-electron chi connectivity index (χ4n) is 10.6. The first-order chi connectivity index (χ1) is 32.4. The average molecular weight is 929 g/mol. The summed E-state index contributed by atoms with van der Waals surface area (Å²) in [4.78, 5) is 64.4. The SMILES string of the molecule is CN1CCC(OC2CCN(c3cccc(N(C=O)C4CCC(=O)NC4=O)c3N(C)C)CC2)CC1.O=C(Nc1cn(C2CCCCC2)nc1C(F)F)c1cnn2ccc(N3CC4CC3CO4)nc12. The third kappa shape index (κ3) is 10.1. The molecule has 0 spiro atoms. The zero-order valence-corrected chi connectivity index (χ0v) is 38.6. The van der Waals surface area contributed by atoms with Crippen molar-refractivity contribution in [2.75, 3.05) is 85.4 Å². The van der Waals surface area contributed by atoms with Gasteiger partial charge in [-0.05, 0) is 76.6 Å². The number of anilines is 5. The van der Waals surface area contributed by atoms with Crippen molar-refractivity contribution in [3.05, 3.63) is 54.1 Å². The molecule has 2 bridgehead atoms. The lowest BCUT2D eigenvalue weighted by atomic mass is 9.96. The highest BCUT2D eigenvalue weighted by molar-refractivity contribution is 6.08. The fraction of sp³-hybridized carbons (Fsp3) is 0.596. The number of carbonyl (C=O) groups excluding carboxylic acids is 4. The molecule has 4 amide bonds. The number of amides is 4. The number of nitrogens with zero attached hydrogens (tertiary/aromatic N) is 10. The third-order valence-corrected chi connectivity index (χ3v) is 14.2. The van der Waals surface area contributed by atoms with Gasteiger partial charge in [0.15, 0.2) is 11.3 Å². The number of morpholine rings is 1. The molecule has 18 nitrogen and oxygen atoms in total. The normalized spacial score (nSPS) is 23.1. The van der Waals surface area contributed by atoms with Crippen LogP contribution in [0.4, 0.5) is 37.3 Å². The van der Waals surface area contributed by atoms with Crippen LogP contribution in [0.25, 0.3) is 5.65 Å². The van der Waals surface area contributed by atoms with E-state index in [1.807, 2.05) is 37.2 Å². The molecule has 3 aromatic heterocycles. The van der Waals surface area contributed by atoms with E-state index in [1.165, 1.54) is 21.8 Å². The van der Waals surface area contributed by atoms with Gasteiger partial charge in [-0.2, -0.15) is 10.2 Å². The van der Waals surface area contributed by atoms with E-state index in [2.05, 4.69) is 53.6 Å². The lowest BCUT2D eigenvalue weighted by molar-refractivity contribution is -0.134. The van der Waals surface area contributed by atoms with E-state index >= 15 is 0 Å². The molecular formula is C47H62F2N12O6. The summed E-state index contributed by atoms with van der Waals surface area (Å²) in [5.41, 5.74) is 2.84. The molecule has 6 fully saturated rings. The largest absolute Gasteiger partial charge is 0.375 e. The van der Waals surface area contributed by atoms with E-state index in [-0.39, 0.29) is 47.9 Å². The maximum atomic E-state index is 13.7. The van der Waals surface area contributed by atoms with Gasteiger partial charge in [0.2, 0.25) is 18.2 Å². The third-order valence-electron chi connectivity index (χ3n) is 14.2. The summed E-state index contributed by atoms with van der Waals surface area (Å²) in [5, 5.41) is 13.3. The van der Waals surface area contributed by atoms with Crippen LogP contribution >= 0.6 is 0 Å². The van der Waals surface area contributed by atoms with Crippen molar-refractivity contribution in [1.82, 2.24) is 34.6 Å². The van der Waals surface area contributed by atoms with Gasteiger partial charge < -0.3 is 39.3 Å². The molecule has 5 saturated heterocycles. The predicted molar refractivity (Wildman–Crippen MR) is 248 cm³/mol. The number of hydrogen-bond acceptors (Lipinski definition) is 13. The quantitative estimate of drug-likeness (QED) is 0.140. The Bertz CT molecular complexity index is 2410. The second kappa shape index (κ2) is 20.2. The first-order valence-electron chi connectivity index (χ1n) is 23.8. The van der Waals surface area contributed by atoms with Crippen molar-refractivity contribution in [2.45, 2.75) is 120 Å². The Morgan fingerprint density at radius 3 is 2.39 bits per heavy atom. The molecule has 10 rings (SSSR count). The molecular weight excluding hydrogens is 867 g/mol. The first-order valence-corrected chi connectivity index (χ1v) is 23.8. The monoisotopic (exact) mass is 928 g/mol. The lowest BCUT2D eigenvalue weighted by Crippen LogP contribution is -2.52. The minimum Gasteiger partial charge on any atom is -0.375 e. The Hall–Kier alpha value is -5.73. The molecule has 360 valence electrons. The highest BCUT2D eigenvalue weighted by Gasteiger charge is 2.40. The minimum atomic E-state index is -2.79. The van der Waals surface area contributed by atoms with Crippen LogP contribution in [0.15, 0.2) is 42.9 Å². The number of likely N-dealkylation sites (tertiary alicyclic amines) is 1. The van der Waals surface area contributed by atoms with E-state index in [9.17, 15) is 28.0 Å². The van der Waals surface area contributed by atoms with Crippen LogP contribution in [0.5, 0.6) is 0 Å². The number of piperidine rings is 3. The van der Waals surface area contributed by atoms with Gasteiger partial charge in [0, 0.05) is 65.6 Å². The average Bonchev–Trinajstić information content (AvgIpc) is 4.16. The first kappa shape index (κ1) is 46.4. The highest BCUT2D eigenvalue weighted by Crippen LogP contribution is 2.41. The summed E-state index contributed by atoms with van der Waals surface area (Å²) < 4.78 is 42.6. The Morgan fingerprint density at radius 1 is 0.985 bits per heavy atom. The molecule has 8 heterocycles. The summed E-state index contributed by atoms with van der Waals surface area (Å²) in [6, 6.07) is 7.41. The molecule has 1 aliphatic carbocycles. The number of imide groups is 1. The zero-order chi connectivity index (χ0) is 46.8. The van der Waals surface area contributed by atoms with Gasteiger partial charge in [0.25, 0.3) is 12.3 Å². The predicted octanol–water partition coefficient (Wildman–Crippen LogP) is 5.20. The molecule has 3 unspecified atom stereocenters. The van der Waals surface area contributed by atoms with E-state index in [1.54, 1.807) is 10.9 Å². The molecule has 4 aromatic rings. The van der Waals surface area contributed by atoms with Gasteiger partial charge in [-0.25, -0.2) is 18.3 Å². The maximum absolute atomic E-state index is 13.7. The number of nitrogens with one attached hydrogen (secondary N) is 2. The topological polar surface area (TPSA) is 175 Å². The number of aromatic nitrogens is 5. The number of para-hydroxylation sites is 1. The summed E-state index contributed by atoms with van der Waals surface area (Å²) in [6.07, 6.45) is 14.2. The summed E-state index contributed by atoms with van der Waals surface area (Å²) in [5.74, 6) is -0.499. The number of halogens is 2. The number of ether oxygens (including phenoxy) is 2. The van der Waals surface area contributed by atoms with Crippen molar-refractivity contribution in [3.8, 4) is 0 Å². The smallest absolute Gasteiger partial charge is 0.284 e. The standard InChI is InChI=1S/C25H37N5O4.C22H25F2N7O2/c1-27(2)24-20(29-15-11-19(12-16-29)34-18-9-13-28(3)14-10-18)5-4-6-21(24)30(17-31)22-7-8-23(32)26-25(22)33;23-20(24)19-17(11-31(28-19)13-4-2-1-3-5-13)26-22(32)16-9-25-30-7-6-18(27-21(16)30)29-10-15-8-14(29)12-33-15/h4-6,17-19,22H,7-16H2,1-3H3,(H,26,32,33);6-7,9,11,13-15,20H,1-5,8,10,12H2,(H,26,32). The molecule has 3 atom stereocenters. The number of benzene rings is 1. The number of alkyl halides is 2. The van der Waals surface area contributed by atoms with Crippen LogP contribution in [-0.2, 0) is 23.9 Å². The van der Waals surface area contributed by atoms with E-state index in [0.717, 1.165) is 114 Å². The van der Waals surface area contributed by atoms with Crippen LogP contribution in [0.1, 0.15) is 106 Å². The van der Waals surface area contributed by atoms with Crippen LogP contribution in [0, 0.1) is 0 Å². The van der Waals surface area contributed by atoms with Crippen molar-refractivity contribution in [2.24, 2.45) is 0 Å². The van der Waals surface area contributed by atoms with Gasteiger partial charge in [0.05, 0.1) is 65.9 Å². The van der Waals surface area contributed by atoms with Crippen molar-refractivity contribution in [3.63, 3.8) is 0 Å². The fourth-order valence-corrected chi connectivity index (χ4v) is 10.6. The van der Waals surface area contributed by atoms with Gasteiger partial charge in [-0.3, -0.25) is 29.2 Å². The number of carbonyl (C=O) groups is 4. The van der Waals surface area contributed by atoms with Gasteiger partial charge >= 0.3 is 0 Å². The van der Waals surface area contributed by atoms with Crippen LogP contribution in [0.3, 0.4) is 0 Å². The van der Waals surface area contributed by atoms with Gasteiger partial charge in [0.1, 0.15) is 17.4 Å². The maximum Gasteiger partial charge on any atom is 0.284 e. The van der Waals surface area contributed by atoms with E-state index < -0.39 is 30.0 Å². The molecule has 0 radical (unpaired) electrons. The Labute approximate surface area is 388 Å². The Balaban J connectivity index is 0.000000168. The second-order valence-electron chi connectivity index (χ2n) is 18.9. The molecule has 1 saturated carbocycles. The minimum absolute atomic E-state index is 0.0325. The molecule has 20 heteroatoms. The van der Waals surface area contributed by atoms with Crippen LogP contribution in [0.2, 0.25) is 0 Å². The van der Waals surface area contributed by atoms with Crippen LogP contribution < -0.4 is 30.2 Å². The Morgan fingerprint density at radius 2 is 1.73 bits per heavy atom. The number of fused-ring (bicyclic) bond motifs is 3. The highest BCUT2D eigenvalue weighted by atomic mass is 19.3. The summed E-state index contributed by atoms with van der Waals surface area (Å²) in [6.45, 7) is 5.39. The molecule has 2 N–H and O–H groups in total. The van der Waals surface area contributed by atoms with E-state index in [4.69, 9.17) is 9.47 Å². The van der Waals surface area contributed by atoms with Crippen molar-refractivity contribution in [1.29, 1.82) is 0 Å². The second-order valence-corrected chi connectivity index (χ2v) is 18.9. The zero-order valence-electron chi connectivity index (χ0n) is 38.6. The van der Waals surface area contributed by atoms with Crippen molar-refractivity contribution < 1.29 is 37.4 Å². The van der Waals surface area contributed by atoms with E-state index in [0.29, 0.717) is 36.9 Å². The summed E-state index contributed by atoms with van der Waals surface area (Å²) >= 11 is 0. The molecule has 5 aliphatic heterocycles. The number of hydrogen-bond donors (Lipinski definition) is 2. The lowest BCUT2D eigenvalue weighted by Gasteiger charge is -2.39.